The van der Waals surface area contributed by atoms with E-state index in [0.717, 1.165) is 5.56 Å². The van der Waals surface area contributed by atoms with E-state index in [1.54, 1.807) is 60.6 Å². The number of phenolic OH excluding ortho intramolecular Hbond substituents is 1. The average molecular weight is 658 g/mol. The van der Waals surface area contributed by atoms with Gasteiger partial charge in [0.05, 0.1) is 0 Å². The van der Waals surface area contributed by atoms with Crippen molar-refractivity contribution in [3.63, 3.8) is 0 Å². The summed E-state index contributed by atoms with van der Waals surface area (Å²) in [7, 11) is 0. The Bertz CT molecular complexity index is 1370. The number of alkyl carbamates (subject to hydrolysis) is 1. The Kier molecular flexibility index (Phi) is 13.1. The lowest BCUT2D eigenvalue weighted by molar-refractivity contribution is -0.159. The fraction of sp³-hybridized carbons (Fsp3) is 0.543. The molecule has 3 N–H and O–H groups in total. The first-order chi connectivity index (χ1) is 21.2. The van der Waals surface area contributed by atoms with Crippen molar-refractivity contribution in [3.8, 4) is 5.75 Å². The third-order valence-electron chi connectivity index (χ3n) is 7.26. The Morgan fingerprint density at radius 3 is 1.96 bits per heavy atom. The Morgan fingerprint density at radius 1 is 0.870 bits per heavy atom. The van der Waals surface area contributed by atoms with Crippen LogP contribution in [-0.4, -0.2) is 68.5 Å². The molecule has 2 aromatic carbocycles. The fourth-order valence-corrected chi connectivity index (χ4v) is 4.93. The molecule has 0 aliphatic rings. The molecule has 0 heterocycles. The van der Waals surface area contributed by atoms with Crippen LogP contribution in [0.4, 0.5) is 4.79 Å². The molecule has 0 aliphatic carbocycles. The average Bonchev–Trinajstić information content (AvgIpc) is 2.94. The summed E-state index contributed by atoms with van der Waals surface area (Å²) in [6, 6.07) is 10.4. The number of amides is 3. The molecule has 10 nitrogen and oxygen atoms in total. The van der Waals surface area contributed by atoms with Crippen LogP contribution < -0.4 is 10.6 Å². The van der Waals surface area contributed by atoms with Crippen molar-refractivity contribution in [2.45, 2.75) is 117 Å². The van der Waals surface area contributed by atoms with Gasteiger partial charge in [0.2, 0.25) is 11.8 Å². The van der Waals surface area contributed by atoms with E-state index in [9.17, 15) is 24.3 Å². The van der Waals surface area contributed by atoms with E-state index in [1.807, 2.05) is 51.1 Å². The van der Waals surface area contributed by atoms with Crippen LogP contribution in [-0.2, 0) is 30.3 Å². The standard InChI is InChI=1S/C35H51N3O7S/c1-11-35(9,10)38(30(41)26(21-46)37-32(43)45-34(6,7)8)28(24-17-18-27(39)22(2)19-24)29(40)36-25(31(42)44-33(3,4)5)20-23-15-13-12-14-16-23/h12-19,25-26,28,39,46H,11,20-21H2,1-10H3,(H,36,40)(H,37,43). The molecule has 0 fully saturated rings. The van der Waals surface area contributed by atoms with E-state index < -0.39 is 58.7 Å². The van der Waals surface area contributed by atoms with E-state index in [4.69, 9.17) is 9.47 Å². The number of hydrogen-bond donors (Lipinski definition) is 4. The molecule has 254 valence electrons. The number of thiol groups is 1. The van der Waals surface area contributed by atoms with Crippen molar-refractivity contribution in [2.24, 2.45) is 0 Å². The fourth-order valence-electron chi connectivity index (χ4n) is 4.68. The molecule has 2 aromatic rings. The Balaban J connectivity index is 2.69. The van der Waals surface area contributed by atoms with Crippen molar-refractivity contribution in [1.29, 1.82) is 0 Å². The third-order valence-corrected chi connectivity index (χ3v) is 7.63. The summed E-state index contributed by atoms with van der Waals surface area (Å²) in [5, 5.41) is 15.8. The number of rotatable bonds is 12. The van der Waals surface area contributed by atoms with Gasteiger partial charge in [0.15, 0.2) is 0 Å². The lowest BCUT2D eigenvalue weighted by atomic mass is 9.91. The minimum atomic E-state index is -1.27. The van der Waals surface area contributed by atoms with Crippen molar-refractivity contribution in [3.05, 3.63) is 65.2 Å². The largest absolute Gasteiger partial charge is 0.508 e. The van der Waals surface area contributed by atoms with Gasteiger partial charge in [0.25, 0.3) is 0 Å². The number of nitrogens with one attached hydrogen (secondary N) is 2. The third kappa shape index (κ3) is 11.3. The SMILES string of the molecule is CCC(C)(C)N(C(=O)C(CS)NC(=O)OC(C)(C)C)C(C(=O)NC(Cc1ccccc1)C(=O)OC(C)(C)C)c1ccc(O)c(C)c1. The first-order valence-corrected chi connectivity index (χ1v) is 16.1. The molecule has 0 saturated heterocycles. The van der Waals surface area contributed by atoms with Crippen LogP contribution in [0, 0.1) is 6.92 Å². The van der Waals surface area contributed by atoms with Crippen LogP contribution in [0.25, 0.3) is 0 Å². The number of hydrogen-bond acceptors (Lipinski definition) is 8. The maximum atomic E-state index is 14.5. The molecule has 0 radical (unpaired) electrons. The summed E-state index contributed by atoms with van der Waals surface area (Å²) < 4.78 is 11.1. The quantitative estimate of drug-likeness (QED) is 0.171. The van der Waals surface area contributed by atoms with Crippen LogP contribution in [0.2, 0.25) is 0 Å². The molecule has 3 amide bonds. The first kappa shape index (κ1) is 38.5. The maximum Gasteiger partial charge on any atom is 0.408 e. The molecule has 0 aromatic heterocycles. The minimum Gasteiger partial charge on any atom is -0.508 e. The van der Waals surface area contributed by atoms with Gasteiger partial charge < -0.3 is 30.1 Å². The number of esters is 1. The van der Waals surface area contributed by atoms with Gasteiger partial charge in [-0.1, -0.05) is 43.3 Å². The van der Waals surface area contributed by atoms with Gasteiger partial charge in [-0.3, -0.25) is 9.59 Å². The lowest BCUT2D eigenvalue weighted by Crippen LogP contribution is -2.60. The Hall–Kier alpha value is -3.73. The Labute approximate surface area is 279 Å². The number of aromatic hydroxyl groups is 1. The lowest BCUT2D eigenvalue weighted by Gasteiger charge is -2.44. The van der Waals surface area contributed by atoms with Crippen LogP contribution in [0.1, 0.15) is 91.5 Å². The number of ether oxygens (including phenoxy) is 2. The van der Waals surface area contributed by atoms with Crippen molar-refractivity contribution in [1.82, 2.24) is 15.5 Å². The first-order valence-electron chi connectivity index (χ1n) is 15.5. The highest BCUT2D eigenvalue weighted by Crippen LogP contribution is 2.34. The summed E-state index contributed by atoms with van der Waals surface area (Å²) in [6.45, 7) is 17.6. The zero-order valence-corrected chi connectivity index (χ0v) is 29.7. The van der Waals surface area contributed by atoms with Crippen LogP contribution in [0.15, 0.2) is 48.5 Å². The predicted octanol–water partition coefficient (Wildman–Crippen LogP) is 5.65. The van der Waals surface area contributed by atoms with E-state index in [2.05, 4.69) is 23.3 Å². The van der Waals surface area contributed by atoms with Gasteiger partial charge >= 0.3 is 12.1 Å². The Morgan fingerprint density at radius 2 is 1.46 bits per heavy atom. The summed E-state index contributed by atoms with van der Waals surface area (Å²) >= 11 is 4.36. The number of nitrogens with zero attached hydrogens (tertiary/aromatic N) is 1. The summed E-state index contributed by atoms with van der Waals surface area (Å²) in [5.41, 5.74) is -0.859. The zero-order chi connectivity index (χ0) is 35.0. The number of carbonyl (C=O) groups is 4. The smallest absolute Gasteiger partial charge is 0.408 e. The molecule has 2 rings (SSSR count). The molecular formula is C35H51N3O7S. The second-order valence-corrected chi connectivity index (χ2v) is 14.4. The summed E-state index contributed by atoms with van der Waals surface area (Å²) in [5.74, 6) is -1.90. The highest BCUT2D eigenvalue weighted by Gasteiger charge is 2.44. The van der Waals surface area contributed by atoms with E-state index in [0.29, 0.717) is 17.5 Å². The van der Waals surface area contributed by atoms with E-state index in [-0.39, 0.29) is 17.9 Å². The maximum absolute atomic E-state index is 14.5. The molecule has 3 atom stereocenters. The molecule has 46 heavy (non-hydrogen) atoms. The summed E-state index contributed by atoms with van der Waals surface area (Å²) in [6.07, 6.45) is -0.221. The number of benzene rings is 2. The van der Waals surface area contributed by atoms with Crippen molar-refractivity contribution >= 4 is 36.5 Å². The van der Waals surface area contributed by atoms with Crippen LogP contribution >= 0.6 is 12.6 Å². The second kappa shape index (κ2) is 15.7. The summed E-state index contributed by atoms with van der Waals surface area (Å²) in [4.78, 5) is 56.6. The second-order valence-electron chi connectivity index (χ2n) is 14.0. The highest BCUT2D eigenvalue weighted by molar-refractivity contribution is 7.80. The molecule has 0 saturated carbocycles. The van der Waals surface area contributed by atoms with E-state index >= 15 is 0 Å². The topological polar surface area (TPSA) is 134 Å². The monoisotopic (exact) mass is 657 g/mol. The predicted molar refractivity (Wildman–Crippen MR) is 182 cm³/mol. The van der Waals surface area contributed by atoms with Gasteiger partial charge in [0, 0.05) is 17.7 Å². The van der Waals surface area contributed by atoms with E-state index in [1.165, 1.54) is 11.0 Å². The molecule has 0 spiro atoms. The van der Waals surface area contributed by atoms with Gasteiger partial charge in [-0.05, 0) is 97.6 Å². The number of phenols is 1. The zero-order valence-electron chi connectivity index (χ0n) is 28.8. The van der Waals surface area contributed by atoms with Gasteiger partial charge in [-0.25, -0.2) is 9.59 Å². The molecule has 0 aliphatic heterocycles. The van der Waals surface area contributed by atoms with Gasteiger partial charge in [-0.2, -0.15) is 12.6 Å². The van der Waals surface area contributed by atoms with Crippen LogP contribution in [0.3, 0.4) is 0 Å². The minimum absolute atomic E-state index is 0.0195. The normalized spacial score (nSPS) is 14.0. The van der Waals surface area contributed by atoms with Crippen molar-refractivity contribution in [2.75, 3.05) is 5.75 Å². The number of carbonyl (C=O) groups excluding carboxylic acids is 4. The van der Waals surface area contributed by atoms with Gasteiger partial charge in [-0.15, -0.1) is 0 Å². The molecular weight excluding hydrogens is 606 g/mol. The molecule has 0 bridgehead atoms. The van der Waals surface area contributed by atoms with Gasteiger partial charge in [0.1, 0.15) is 35.1 Å². The van der Waals surface area contributed by atoms with Crippen LogP contribution in [0.5, 0.6) is 5.75 Å². The molecule has 11 heteroatoms. The number of aryl methyl sites for hydroxylation is 1. The highest BCUT2D eigenvalue weighted by atomic mass is 32.1. The van der Waals surface area contributed by atoms with Crippen molar-refractivity contribution < 1.29 is 33.8 Å². The molecule has 3 unspecified atom stereocenters.